The molecule has 30 heavy (non-hydrogen) atoms. The summed E-state index contributed by atoms with van der Waals surface area (Å²) in [7, 11) is 0. The van der Waals surface area contributed by atoms with E-state index in [0.717, 1.165) is 16.9 Å². The summed E-state index contributed by atoms with van der Waals surface area (Å²) in [6, 6.07) is 17.5. The molecular formula is C22H24N4O3S. The number of nitrogens with zero attached hydrogens (tertiary/aromatic N) is 2. The van der Waals surface area contributed by atoms with Gasteiger partial charge in [0.25, 0.3) is 5.91 Å². The molecule has 0 aliphatic rings. The smallest absolute Gasteiger partial charge is 0.286 e. The number of ether oxygens (including phenoxy) is 1. The van der Waals surface area contributed by atoms with Crippen LogP contribution >= 0.6 is 11.3 Å². The molecule has 0 saturated heterocycles. The monoisotopic (exact) mass is 424 g/mol. The van der Waals surface area contributed by atoms with Crippen molar-refractivity contribution in [1.29, 1.82) is 0 Å². The van der Waals surface area contributed by atoms with E-state index < -0.39 is 0 Å². The molecule has 1 heterocycles. The van der Waals surface area contributed by atoms with E-state index >= 15 is 0 Å². The number of anilines is 1. The van der Waals surface area contributed by atoms with E-state index in [1.165, 1.54) is 5.56 Å². The predicted molar refractivity (Wildman–Crippen MR) is 117 cm³/mol. The lowest BCUT2D eigenvalue weighted by molar-refractivity contribution is -0.126. The SMILES string of the molecule is Cc1ccc(NC(=O)c2nnc(COCC(=O)NC[C@H](C)c3ccccc3)s2)cc1. The van der Waals surface area contributed by atoms with Crippen LogP contribution in [-0.4, -0.2) is 35.2 Å². The third-order valence-corrected chi connectivity index (χ3v) is 5.30. The van der Waals surface area contributed by atoms with E-state index in [4.69, 9.17) is 4.74 Å². The summed E-state index contributed by atoms with van der Waals surface area (Å²) in [5.74, 6) is -0.303. The number of benzene rings is 2. The predicted octanol–water partition coefficient (Wildman–Crippen LogP) is 3.54. The summed E-state index contributed by atoms with van der Waals surface area (Å²) < 4.78 is 5.41. The second kappa shape index (κ2) is 10.6. The molecule has 0 aliphatic carbocycles. The first-order valence-electron chi connectivity index (χ1n) is 9.61. The van der Waals surface area contributed by atoms with Gasteiger partial charge in [0.2, 0.25) is 10.9 Å². The van der Waals surface area contributed by atoms with Gasteiger partial charge in [-0.05, 0) is 30.5 Å². The van der Waals surface area contributed by atoms with Gasteiger partial charge in [-0.15, -0.1) is 10.2 Å². The maximum absolute atomic E-state index is 12.3. The number of rotatable bonds is 9. The molecule has 156 valence electrons. The van der Waals surface area contributed by atoms with Crippen molar-refractivity contribution in [2.24, 2.45) is 0 Å². The summed E-state index contributed by atoms with van der Waals surface area (Å²) in [4.78, 5) is 24.2. The van der Waals surface area contributed by atoms with Gasteiger partial charge in [0, 0.05) is 12.2 Å². The van der Waals surface area contributed by atoms with E-state index in [0.29, 0.717) is 17.2 Å². The zero-order chi connectivity index (χ0) is 21.3. The van der Waals surface area contributed by atoms with Crippen LogP contribution < -0.4 is 10.6 Å². The summed E-state index contributed by atoms with van der Waals surface area (Å²) in [5.41, 5.74) is 2.98. The minimum Gasteiger partial charge on any atom is -0.364 e. The van der Waals surface area contributed by atoms with E-state index in [1.807, 2.05) is 61.5 Å². The van der Waals surface area contributed by atoms with Gasteiger partial charge in [0.1, 0.15) is 18.2 Å². The Hall–Kier alpha value is -3.10. The van der Waals surface area contributed by atoms with Crippen molar-refractivity contribution in [2.45, 2.75) is 26.4 Å². The third kappa shape index (κ3) is 6.47. The molecule has 2 amide bonds. The van der Waals surface area contributed by atoms with Gasteiger partial charge in [-0.2, -0.15) is 0 Å². The summed E-state index contributed by atoms with van der Waals surface area (Å²) >= 11 is 1.14. The minimum absolute atomic E-state index is 0.0774. The van der Waals surface area contributed by atoms with Crippen molar-refractivity contribution in [2.75, 3.05) is 18.5 Å². The Kier molecular flexibility index (Phi) is 7.64. The van der Waals surface area contributed by atoms with E-state index in [2.05, 4.69) is 27.8 Å². The lowest BCUT2D eigenvalue weighted by atomic mass is 10.0. The van der Waals surface area contributed by atoms with Gasteiger partial charge in [-0.1, -0.05) is 66.3 Å². The van der Waals surface area contributed by atoms with E-state index in [-0.39, 0.29) is 36.0 Å². The van der Waals surface area contributed by atoms with Crippen LogP contribution in [0.2, 0.25) is 0 Å². The van der Waals surface area contributed by atoms with Crippen LogP contribution in [0.15, 0.2) is 54.6 Å². The van der Waals surface area contributed by atoms with Gasteiger partial charge in [-0.25, -0.2) is 0 Å². The highest BCUT2D eigenvalue weighted by atomic mass is 32.1. The second-order valence-corrected chi connectivity index (χ2v) is 7.99. The van der Waals surface area contributed by atoms with Crippen molar-refractivity contribution in [3.05, 3.63) is 75.7 Å². The lowest BCUT2D eigenvalue weighted by Crippen LogP contribution is -2.30. The molecule has 0 fully saturated rings. The van der Waals surface area contributed by atoms with Crippen molar-refractivity contribution in [3.63, 3.8) is 0 Å². The fourth-order valence-corrected chi connectivity index (χ4v) is 3.35. The Labute approximate surface area is 179 Å². The van der Waals surface area contributed by atoms with Gasteiger partial charge in [0.15, 0.2) is 0 Å². The highest BCUT2D eigenvalue weighted by molar-refractivity contribution is 7.13. The first-order chi connectivity index (χ1) is 14.5. The highest BCUT2D eigenvalue weighted by Crippen LogP contribution is 2.15. The molecule has 0 unspecified atom stereocenters. The van der Waals surface area contributed by atoms with E-state index in [9.17, 15) is 9.59 Å². The normalized spacial score (nSPS) is 11.7. The van der Waals surface area contributed by atoms with E-state index in [1.54, 1.807) is 0 Å². The number of amides is 2. The van der Waals surface area contributed by atoms with Crippen LogP contribution in [0.3, 0.4) is 0 Å². The Morgan fingerprint density at radius 3 is 2.53 bits per heavy atom. The number of carbonyl (C=O) groups is 2. The number of nitrogens with one attached hydrogen (secondary N) is 2. The molecule has 1 atom stereocenters. The van der Waals surface area contributed by atoms with Gasteiger partial charge < -0.3 is 15.4 Å². The average Bonchev–Trinajstić information content (AvgIpc) is 3.23. The van der Waals surface area contributed by atoms with Crippen molar-refractivity contribution in [1.82, 2.24) is 15.5 Å². The number of hydrogen-bond acceptors (Lipinski definition) is 6. The number of aromatic nitrogens is 2. The van der Waals surface area contributed by atoms with Crippen molar-refractivity contribution < 1.29 is 14.3 Å². The van der Waals surface area contributed by atoms with Crippen LogP contribution in [0.4, 0.5) is 5.69 Å². The quantitative estimate of drug-likeness (QED) is 0.548. The molecule has 3 rings (SSSR count). The highest BCUT2D eigenvalue weighted by Gasteiger charge is 2.14. The van der Waals surface area contributed by atoms with Crippen LogP contribution in [0, 0.1) is 6.92 Å². The fourth-order valence-electron chi connectivity index (χ4n) is 2.67. The summed E-state index contributed by atoms with van der Waals surface area (Å²) in [6.07, 6.45) is 0. The Balaban J connectivity index is 1.39. The molecule has 0 radical (unpaired) electrons. The van der Waals surface area contributed by atoms with Crippen LogP contribution in [0.1, 0.15) is 38.8 Å². The maximum Gasteiger partial charge on any atom is 0.286 e. The molecule has 0 spiro atoms. The third-order valence-electron chi connectivity index (χ3n) is 4.40. The largest absolute Gasteiger partial charge is 0.364 e. The van der Waals surface area contributed by atoms with Gasteiger partial charge >= 0.3 is 0 Å². The molecule has 2 N–H and O–H groups in total. The van der Waals surface area contributed by atoms with Crippen LogP contribution in [0.5, 0.6) is 0 Å². The van der Waals surface area contributed by atoms with Crippen molar-refractivity contribution >= 4 is 28.8 Å². The van der Waals surface area contributed by atoms with Crippen LogP contribution in [0.25, 0.3) is 0 Å². The minimum atomic E-state index is -0.324. The average molecular weight is 425 g/mol. The second-order valence-electron chi connectivity index (χ2n) is 6.93. The zero-order valence-corrected chi connectivity index (χ0v) is 17.7. The molecule has 0 bridgehead atoms. The first kappa shape index (κ1) is 21.6. The number of aryl methyl sites for hydroxylation is 1. The molecule has 8 heteroatoms. The number of hydrogen-bond donors (Lipinski definition) is 2. The molecule has 0 aliphatic heterocycles. The molecule has 0 saturated carbocycles. The summed E-state index contributed by atoms with van der Waals surface area (Å²) in [6.45, 7) is 4.62. The number of carbonyl (C=O) groups excluding carboxylic acids is 2. The standard InChI is InChI=1S/C22H24N4O3S/c1-15-8-10-18(11-9-15)24-21(28)22-26-25-20(30-22)14-29-13-19(27)23-12-16(2)17-6-4-3-5-7-17/h3-11,16H,12-14H2,1-2H3,(H,23,27)(H,24,28)/t16-/m0/s1. The molecule has 1 aromatic heterocycles. The topological polar surface area (TPSA) is 93.2 Å². The molecular weight excluding hydrogens is 400 g/mol. The fraction of sp³-hybridized carbons (Fsp3) is 0.273. The molecule has 3 aromatic rings. The first-order valence-corrected chi connectivity index (χ1v) is 10.4. The van der Waals surface area contributed by atoms with Gasteiger partial charge in [-0.3, -0.25) is 9.59 Å². The molecule has 7 nitrogen and oxygen atoms in total. The Morgan fingerprint density at radius 1 is 1.07 bits per heavy atom. The molecule has 2 aromatic carbocycles. The zero-order valence-electron chi connectivity index (χ0n) is 16.9. The summed E-state index contributed by atoms with van der Waals surface area (Å²) in [5, 5.41) is 14.3. The Morgan fingerprint density at radius 2 is 1.80 bits per heavy atom. The lowest BCUT2D eigenvalue weighted by Gasteiger charge is -2.13. The maximum atomic E-state index is 12.3. The van der Waals surface area contributed by atoms with Crippen LogP contribution in [-0.2, 0) is 16.1 Å². The Bertz CT molecular complexity index is 974. The van der Waals surface area contributed by atoms with Gasteiger partial charge in [0.05, 0.1) is 0 Å². The van der Waals surface area contributed by atoms with Crippen molar-refractivity contribution in [3.8, 4) is 0 Å².